The van der Waals surface area contributed by atoms with Crippen LogP contribution >= 0.6 is 0 Å². The molecule has 5 rings (SSSR count). The smallest absolute Gasteiger partial charge is 0.231 e. The minimum Gasteiger partial charge on any atom is -0.454 e. The van der Waals surface area contributed by atoms with Crippen molar-refractivity contribution in [2.24, 2.45) is 0 Å². The highest BCUT2D eigenvalue weighted by atomic mass is 16.7. The minimum absolute atomic E-state index is 0.278. The van der Waals surface area contributed by atoms with Crippen LogP contribution in [0.1, 0.15) is 17.7 Å². The minimum atomic E-state index is 0.278. The van der Waals surface area contributed by atoms with Gasteiger partial charge in [0, 0.05) is 56.1 Å². The number of fused-ring (bicyclic) bond motifs is 2. The van der Waals surface area contributed by atoms with Gasteiger partial charge in [0.25, 0.3) is 0 Å². The molecule has 134 valence electrons. The summed E-state index contributed by atoms with van der Waals surface area (Å²) in [7, 11) is 0. The zero-order valence-corrected chi connectivity index (χ0v) is 14.4. The van der Waals surface area contributed by atoms with Crippen LogP contribution < -0.4 is 9.47 Å². The van der Waals surface area contributed by atoms with Crippen molar-refractivity contribution in [2.75, 3.05) is 19.9 Å². The molecule has 2 aliphatic rings. The molecule has 7 heteroatoms. The highest BCUT2D eigenvalue weighted by Crippen LogP contribution is 2.38. The second-order valence-corrected chi connectivity index (χ2v) is 6.65. The van der Waals surface area contributed by atoms with Crippen LogP contribution in [0.4, 0.5) is 0 Å². The molecule has 1 aromatic carbocycles. The number of nitrogens with zero attached hydrogens (tertiary/aromatic N) is 4. The van der Waals surface area contributed by atoms with Crippen molar-refractivity contribution in [1.82, 2.24) is 19.8 Å². The Bertz CT molecular complexity index is 904. The van der Waals surface area contributed by atoms with Crippen LogP contribution in [0.2, 0.25) is 0 Å². The zero-order chi connectivity index (χ0) is 17.3. The Morgan fingerprint density at radius 3 is 3.00 bits per heavy atom. The van der Waals surface area contributed by atoms with E-state index in [1.165, 1.54) is 5.56 Å². The molecular weight excluding hydrogens is 332 g/mol. The van der Waals surface area contributed by atoms with Crippen LogP contribution in [0.5, 0.6) is 11.5 Å². The fourth-order valence-electron chi connectivity index (χ4n) is 3.62. The number of hydrogen-bond donors (Lipinski definition) is 0. The second kappa shape index (κ2) is 6.49. The summed E-state index contributed by atoms with van der Waals surface area (Å²) in [5.74, 6) is 2.55. The Balaban J connectivity index is 1.30. The number of hydrogen-bond acceptors (Lipinski definition) is 6. The van der Waals surface area contributed by atoms with Crippen molar-refractivity contribution >= 4 is 0 Å². The lowest BCUT2D eigenvalue weighted by molar-refractivity contribution is 0.174. The Labute approximate surface area is 151 Å². The van der Waals surface area contributed by atoms with Gasteiger partial charge in [-0.05, 0) is 30.7 Å². The average molecular weight is 352 g/mol. The van der Waals surface area contributed by atoms with Crippen molar-refractivity contribution < 1.29 is 14.0 Å². The highest BCUT2D eigenvalue weighted by Gasteiger charge is 2.25. The second-order valence-electron chi connectivity index (χ2n) is 6.65. The van der Waals surface area contributed by atoms with E-state index in [9.17, 15) is 0 Å². The standard InChI is InChI=1S/C19H20N4O3/c1-6-20-23(8-1)9-2-7-22-10-5-16-15(12-22)19(21-26-16)14-3-4-17-18(11-14)25-13-24-17/h1,3-4,6,8,11H,2,5,7,9-10,12-13H2. The number of aromatic nitrogens is 3. The lowest BCUT2D eigenvalue weighted by atomic mass is 10.0. The van der Waals surface area contributed by atoms with E-state index in [1.54, 1.807) is 0 Å². The third kappa shape index (κ3) is 2.84. The van der Waals surface area contributed by atoms with E-state index in [1.807, 2.05) is 41.3 Å². The van der Waals surface area contributed by atoms with E-state index in [2.05, 4.69) is 15.2 Å². The van der Waals surface area contributed by atoms with Gasteiger partial charge in [0.2, 0.25) is 6.79 Å². The maximum absolute atomic E-state index is 5.61. The number of ether oxygens (including phenoxy) is 2. The van der Waals surface area contributed by atoms with Crippen molar-refractivity contribution in [3.63, 3.8) is 0 Å². The molecule has 0 spiro atoms. The van der Waals surface area contributed by atoms with Gasteiger partial charge in [-0.15, -0.1) is 0 Å². The van der Waals surface area contributed by atoms with Crippen LogP contribution in [0.15, 0.2) is 41.2 Å². The first-order valence-electron chi connectivity index (χ1n) is 8.94. The van der Waals surface area contributed by atoms with Gasteiger partial charge in [-0.3, -0.25) is 9.58 Å². The molecule has 0 unspecified atom stereocenters. The lowest BCUT2D eigenvalue weighted by Crippen LogP contribution is -2.31. The van der Waals surface area contributed by atoms with Crippen molar-refractivity contribution in [3.8, 4) is 22.8 Å². The molecule has 2 aromatic heterocycles. The molecule has 3 aromatic rings. The molecule has 7 nitrogen and oxygen atoms in total. The van der Waals surface area contributed by atoms with Crippen LogP contribution in [0.3, 0.4) is 0 Å². The molecule has 26 heavy (non-hydrogen) atoms. The molecule has 0 aliphatic carbocycles. The Kier molecular flexibility index (Phi) is 3.86. The normalized spacial score (nSPS) is 16.0. The maximum Gasteiger partial charge on any atom is 0.231 e. The van der Waals surface area contributed by atoms with Gasteiger partial charge in [0.15, 0.2) is 11.5 Å². The topological polar surface area (TPSA) is 65.6 Å². The Hall–Kier alpha value is -2.80. The van der Waals surface area contributed by atoms with Crippen LogP contribution in [0, 0.1) is 0 Å². The van der Waals surface area contributed by atoms with Gasteiger partial charge in [-0.1, -0.05) is 5.16 Å². The summed E-state index contributed by atoms with van der Waals surface area (Å²) in [6.45, 7) is 4.11. The van der Waals surface area contributed by atoms with Crippen LogP contribution in [-0.4, -0.2) is 39.7 Å². The summed E-state index contributed by atoms with van der Waals surface area (Å²) < 4.78 is 18.5. The largest absolute Gasteiger partial charge is 0.454 e. The van der Waals surface area contributed by atoms with Crippen LogP contribution in [0.25, 0.3) is 11.3 Å². The molecular formula is C19H20N4O3. The van der Waals surface area contributed by atoms with E-state index < -0.39 is 0 Å². The first-order chi connectivity index (χ1) is 12.9. The van der Waals surface area contributed by atoms with Gasteiger partial charge >= 0.3 is 0 Å². The molecule has 0 N–H and O–H groups in total. The Morgan fingerprint density at radius 2 is 2.08 bits per heavy atom. The fraction of sp³-hybridized carbons (Fsp3) is 0.368. The summed E-state index contributed by atoms with van der Waals surface area (Å²) in [6, 6.07) is 7.89. The van der Waals surface area contributed by atoms with Gasteiger partial charge in [-0.2, -0.15) is 5.10 Å². The summed E-state index contributed by atoms with van der Waals surface area (Å²) >= 11 is 0. The van der Waals surface area contributed by atoms with Crippen molar-refractivity contribution in [1.29, 1.82) is 0 Å². The van der Waals surface area contributed by atoms with E-state index >= 15 is 0 Å². The third-order valence-corrected chi connectivity index (χ3v) is 4.97. The lowest BCUT2D eigenvalue weighted by Gasteiger charge is -2.26. The predicted molar refractivity (Wildman–Crippen MR) is 93.9 cm³/mol. The van der Waals surface area contributed by atoms with Crippen molar-refractivity contribution in [3.05, 3.63) is 48.0 Å². The number of benzene rings is 1. The summed E-state index contributed by atoms with van der Waals surface area (Å²) in [5, 5.41) is 8.60. The summed E-state index contributed by atoms with van der Waals surface area (Å²) in [4.78, 5) is 2.46. The molecule has 0 saturated carbocycles. The van der Waals surface area contributed by atoms with Crippen LogP contribution in [-0.2, 0) is 19.5 Å². The van der Waals surface area contributed by atoms with E-state index in [0.29, 0.717) is 0 Å². The van der Waals surface area contributed by atoms with Gasteiger partial charge in [0.05, 0.1) is 0 Å². The molecule has 2 aliphatic heterocycles. The van der Waals surface area contributed by atoms with E-state index in [-0.39, 0.29) is 6.79 Å². The van der Waals surface area contributed by atoms with E-state index in [0.717, 1.165) is 67.5 Å². The molecule has 0 amide bonds. The zero-order valence-electron chi connectivity index (χ0n) is 14.4. The number of rotatable bonds is 5. The first-order valence-corrected chi connectivity index (χ1v) is 8.94. The number of aryl methyl sites for hydroxylation is 1. The van der Waals surface area contributed by atoms with Gasteiger partial charge in [-0.25, -0.2) is 0 Å². The monoisotopic (exact) mass is 352 g/mol. The molecule has 0 atom stereocenters. The molecule has 0 saturated heterocycles. The quantitative estimate of drug-likeness (QED) is 0.703. The highest BCUT2D eigenvalue weighted by molar-refractivity contribution is 5.67. The molecule has 4 heterocycles. The summed E-state index contributed by atoms with van der Waals surface area (Å²) in [5.41, 5.74) is 3.11. The average Bonchev–Trinajstić information content (AvgIpc) is 3.41. The molecule has 0 radical (unpaired) electrons. The fourth-order valence-corrected chi connectivity index (χ4v) is 3.62. The van der Waals surface area contributed by atoms with Gasteiger partial charge < -0.3 is 14.0 Å². The third-order valence-electron chi connectivity index (χ3n) is 4.97. The maximum atomic E-state index is 5.61. The first kappa shape index (κ1) is 15.5. The van der Waals surface area contributed by atoms with Crippen molar-refractivity contribution in [2.45, 2.75) is 25.9 Å². The predicted octanol–water partition coefficient (Wildman–Crippen LogP) is 2.72. The summed E-state index contributed by atoms with van der Waals surface area (Å²) in [6.07, 6.45) is 5.80. The molecule has 0 bridgehead atoms. The molecule has 0 fully saturated rings. The SMILES string of the molecule is c1cnn(CCCN2CCc3onc(-c4ccc5c(c4)OCO5)c3C2)c1. The van der Waals surface area contributed by atoms with E-state index in [4.69, 9.17) is 14.0 Å². The Morgan fingerprint density at radius 1 is 1.12 bits per heavy atom. The van der Waals surface area contributed by atoms with Gasteiger partial charge in [0.1, 0.15) is 11.5 Å².